The molecule has 1 aromatic heterocycles. The number of hydrogen-bond donors (Lipinski definition) is 2. The number of thioether (sulfide) groups is 1. The van der Waals surface area contributed by atoms with Gasteiger partial charge in [-0.2, -0.15) is 0 Å². The Morgan fingerprint density at radius 1 is 1.20 bits per heavy atom. The van der Waals surface area contributed by atoms with E-state index in [1.165, 1.54) is 18.3 Å². The summed E-state index contributed by atoms with van der Waals surface area (Å²) >= 11 is 9.63. The second-order valence-electron chi connectivity index (χ2n) is 8.43. The molecule has 0 spiro atoms. The van der Waals surface area contributed by atoms with Crippen molar-refractivity contribution in [1.29, 1.82) is 0 Å². The van der Waals surface area contributed by atoms with Gasteiger partial charge in [0.15, 0.2) is 16.6 Å². The highest BCUT2D eigenvalue weighted by Crippen LogP contribution is 2.51. The lowest BCUT2D eigenvalue weighted by atomic mass is 9.94. The zero-order chi connectivity index (χ0) is 24.4. The van der Waals surface area contributed by atoms with E-state index in [-0.39, 0.29) is 23.9 Å². The molecule has 1 unspecified atom stereocenters. The average molecular weight is 530 g/mol. The fourth-order valence-corrected chi connectivity index (χ4v) is 6.60. The van der Waals surface area contributed by atoms with Crippen LogP contribution in [0.15, 0.2) is 48.7 Å². The molecule has 2 N–H and O–H groups in total. The molecule has 7 nitrogen and oxygen atoms in total. The van der Waals surface area contributed by atoms with E-state index < -0.39 is 5.41 Å². The lowest BCUT2D eigenvalue weighted by molar-refractivity contribution is -0.119. The first-order chi connectivity index (χ1) is 17.0. The van der Waals surface area contributed by atoms with Gasteiger partial charge in [0.25, 0.3) is 0 Å². The van der Waals surface area contributed by atoms with Gasteiger partial charge in [-0.25, -0.2) is 4.98 Å². The van der Waals surface area contributed by atoms with Crippen LogP contribution in [0, 0.1) is 0 Å². The van der Waals surface area contributed by atoms with Crippen molar-refractivity contribution in [3.05, 3.63) is 69.7 Å². The summed E-state index contributed by atoms with van der Waals surface area (Å²) in [5.74, 6) is 1.97. The standard InChI is InChI=1S/C25H24ClN3O4S2/c1-15(30)27-10-11-34-22(17-4-2-3-5-18(17)26)21-13-28-24(35-21)29-23(31)25(8-9-25)16-6-7-19-20(12-16)33-14-32-19/h2-7,12-13,22H,8-11,14H2,1H3,(H,27,30)(H,28,29,31). The number of aromatic nitrogens is 1. The Labute approximate surface area is 216 Å². The minimum Gasteiger partial charge on any atom is -0.454 e. The van der Waals surface area contributed by atoms with Gasteiger partial charge in [0.05, 0.1) is 10.7 Å². The number of nitrogens with zero attached hydrogens (tertiary/aromatic N) is 1. The van der Waals surface area contributed by atoms with Gasteiger partial charge >= 0.3 is 0 Å². The number of ether oxygens (including phenoxy) is 2. The third-order valence-corrected chi connectivity index (χ3v) is 8.81. The van der Waals surface area contributed by atoms with E-state index in [0.717, 1.165) is 28.8 Å². The molecule has 1 aliphatic heterocycles. The number of thiazole rings is 1. The van der Waals surface area contributed by atoms with E-state index in [4.69, 9.17) is 21.1 Å². The quantitative estimate of drug-likeness (QED) is 0.372. The van der Waals surface area contributed by atoms with Crippen LogP contribution >= 0.6 is 34.7 Å². The molecule has 35 heavy (non-hydrogen) atoms. The van der Waals surface area contributed by atoms with Gasteiger partial charge in [-0.15, -0.1) is 23.1 Å². The van der Waals surface area contributed by atoms with Crippen molar-refractivity contribution < 1.29 is 19.1 Å². The van der Waals surface area contributed by atoms with E-state index in [2.05, 4.69) is 15.6 Å². The number of carbonyl (C=O) groups is 2. The third kappa shape index (κ3) is 5.12. The van der Waals surface area contributed by atoms with Crippen LogP contribution in [-0.2, 0) is 15.0 Å². The summed E-state index contributed by atoms with van der Waals surface area (Å²) in [5.41, 5.74) is 1.34. The molecule has 5 rings (SSSR count). The zero-order valence-corrected chi connectivity index (χ0v) is 21.4. The molecule has 10 heteroatoms. The van der Waals surface area contributed by atoms with Gasteiger partial charge in [-0.3, -0.25) is 9.59 Å². The summed E-state index contributed by atoms with van der Waals surface area (Å²) in [4.78, 5) is 30.0. The van der Waals surface area contributed by atoms with Crippen LogP contribution in [0.4, 0.5) is 5.13 Å². The first-order valence-electron chi connectivity index (χ1n) is 11.2. The fraction of sp³-hybridized carbons (Fsp3) is 0.320. The number of fused-ring (bicyclic) bond motifs is 1. The van der Waals surface area contributed by atoms with Crippen LogP contribution in [0.3, 0.4) is 0 Å². The van der Waals surface area contributed by atoms with Crippen LogP contribution in [0.5, 0.6) is 11.5 Å². The van der Waals surface area contributed by atoms with E-state index in [9.17, 15) is 9.59 Å². The molecule has 1 atom stereocenters. The molecule has 2 aromatic carbocycles. The summed E-state index contributed by atoms with van der Waals surface area (Å²) in [6.07, 6.45) is 3.34. The van der Waals surface area contributed by atoms with Crippen LogP contribution in [0.2, 0.25) is 5.02 Å². The summed E-state index contributed by atoms with van der Waals surface area (Å²) < 4.78 is 10.9. The van der Waals surface area contributed by atoms with Crippen molar-refractivity contribution >= 4 is 51.6 Å². The summed E-state index contributed by atoms with van der Waals surface area (Å²) in [7, 11) is 0. The lowest BCUT2D eigenvalue weighted by Gasteiger charge is -2.17. The molecule has 0 bridgehead atoms. The number of nitrogens with one attached hydrogen (secondary N) is 2. The first-order valence-corrected chi connectivity index (χ1v) is 13.5. The molecular weight excluding hydrogens is 506 g/mol. The summed E-state index contributed by atoms with van der Waals surface area (Å²) in [6, 6.07) is 13.4. The molecule has 1 fully saturated rings. The highest BCUT2D eigenvalue weighted by atomic mass is 35.5. The Kier molecular flexibility index (Phi) is 6.91. The molecule has 182 valence electrons. The van der Waals surface area contributed by atoms with Gasteiger partial charge in [-0.1, -0.05) is 35.9 Å². The van der Waals surface area contributed by atoms with Gasteiger partial charge in [-0.05, 0) is 42.2 Å². The van der Waals surface area contributed by atoms with E-state index in [1.54, 1.807) is 18.0 Å². The number of amides is 2. The largest absolute Gasteiger partial charge is 0.454 e. The molecule has 3 aromatic rings. The first kappa shape index (κ1) is 24.0. The van der Waals surface area contributed by atoms with Crippen molar-refractivity contribution in [2.45, 2.75) is 30.4 Å². The molecule has 0 radical (unpaired) electrons. The Morgan fingerprint density at radius 3 is 2.77 bits per heavy atom. The number of rotatable bonds is 9. The number of benzene rings is 2. The highest BCUT2D eigenvalue weighted by Gasteiger charge is 2.52. The van der Waals surface area contributed by atoms with Crippen LogP contribution in [0.25, 0.3) is 0 Å². The Morgan fingerprint density at radius 2 is 2.00 bits per heavy atom. The maximum Gasteiger partial charge on any atom is 0.236 e. The molecule has 1 saturated carbocycles. The Hall–Kier alpha value is -2.75. The van der Waals surface area contributed by atoms with Crippen molar-refractivity contribution in [2.75, 3.05) is 24.4 Å². The smallest absolute Gasteiger partial charge is 0.236 e. The van der Waals surface area contributed by atoms with Crippen molar-refractivity contribution in [1.82, 2.24) is 10.3 Å². The summed E-state index contributed by atoms with van der Waals surface area (Å²) in [5, 5.41) is 7.01. The van der Waals surface area contributed by atoms with Crippen molar-refractivity contribution in [2.24, 2.45) is 0 Å². The Balaban J connectivity index is 1.32. The van der Waals surface area contributed by atoms with Crippen LogP contribution < -0.4 is 20.1 Å². The Bertz CT molecular complexity index is 1260. The predicted octanol–water partition coefficient (Wildman–Crippen LogP) is 5.15. The van der Waals surface area contributed by atoms with Crippen molar-refractivity contribution in [3.63, 3.8) is 0 Å². The van der Waals surface area contributed by atoms with E-state index >= 15 is 0 Å². The minimum absolute atomic E-state index is 0.0563. The highest BCUT2D eigenvalue weighted by molar-refractivity contribution is 7.99. The van der Waals surface area contributed by atoms with Crippen LogP contribution in [-0.4, -0.2) is 35.9 Å². The number of anilines is 1. The number of carbonyl (C=O) groups excluding carboxylic acids is 2. The second-order valence-corrected chi connectivity index (χ2v) is 11.1. The average Bonchev–Trinajstić information content (AvgIpc) is 3.30. The van der Waals surface area contributed by atoms with Gasteiger partial charge < -0.3 is 20.1 Å². The topological polar surface area (TPSA) is 89.6 Å². The fourth-order valence-electron chi connectivity index (χ4n) is 4.07. The SMILES string of the molecule is CC(=O)NCCSC(c1cnc(NC(=O)C2(c3ccc4c(c3)OCO4)CC2)s1)c1ccccc1Cl. The third-order valence-electron chi connectivity index (χ3n) is 6.06. The molecule has 0 saturated heterocycles. The maximum atomic E-state index is 13.3. The van der Waals surface area contributed by atoms with E-state index in [1.807, 2.05) is 42.5 Å². The molecule has 2 aliphatic rings. The predicted molar refractivity (Wildman–Crippen MR) is 139 cm³/mol. The zero-order valence-electron chi connectivity index (χ0n) is 19.0. The molecular formula is C25H24ClN3O4S2. The monoisotopic (exact) mass is 529 g/mol. The lowest BCUT2D eigenvalue weighted by Crippen LogP contribution is -2.27. The maximum absolute atomic E-state index is 13.3. The van der Waals surface area contributed by atoms with Crippen LogP contribution in [0.1, 0.15) is 41.0 Å². The minimum atomic E-state index is -0.567. The molecule has 2 heterocycles. The molecule has 2 amide bonds. The normalized spacial score (nSPS) is 15.9. The summed E-state index contributed by atoms with van der Waals surface area (Å²) in [6.45, 7) is 2.27. The van der Waals surface area contributed by atoms with E-state index in [0.29, 0.717) is 34.0 Å². The van der Waals surface area contributed by atoms with Crippen molar-refractivity contribution in [3.8, 4) is 11.5 Å². The number of hydrogen-bond acceptors (Lipinski definition) is 7. The molecule has 1 aliphatic carbocycles. The number of halogens is 1. The van der Waals surface area contributed by atoms with Gasteiger partial charge in [0.1, 0.15) is 0 Å². The van der Waals surface area contributed by atoms with Gasteiger partial charge in [0.2, 0.25) is 18.6 Å². The van der Waals surface area contributed by atoms with Gasteiger partial charge in [0, 0.05) is 35.3 Å². The second kappa shape index (κ2) is 10.1.